The summed E-state index contributed by atoms with van der Waals surface area (Å²) >= 11 is 0. The smallest absolute Gasteiger partial charge is 0.269 e. The Morgan fingerprint density at radius 1 is 0.885 bits per heavy atom. The Hall–Kier alpha value is -5.29. The summed E-state index contributed by atoms with van der Waals surface area (Å²) in [6.45, 7) is 6.62. The number of nitriles is 1. The van der Waals surface area contributed by atoms with Crippen molar-refractivity contribution >= 4 is 45.9 Å². The van der Waals surface area contributed by atoms with E-state index in [4.69, 9.17) is 4.98 Å². The molecule has 0 unspecified atom stereocenters. The van der Waals surface area contributed by atoms with Crippen LogP contribution in [-0.4, -0.2) is 40.8 Å². The molecule has 3 aromatic carbocycles. The lowest BCUT2D eigenvalue weighted by atomic mass is 9.84. The number of rotatable bonds is 9. The summed E-state index contributed by atoms with van der Waals surface area (Å²) in [7, 11) is -5.34. The van der Waals surface area contributed by atoms with E-state index in [0.29, 0.717) is 42.0 Å². The van der Waals surface area contributed by atoms with Gasteiger partial charge in [0.15, 0.2) is 11.4 Å². The lowest BCUT2D eigenvalue weighted by Crippen LogP contribution is -2.20. The Kier molecular flexibility index (Phi) is 9.71. The zero-order valence-electron chi connectivity index (χ0n) is 29.7. The summed E-state index contributed by atoms with van der Waals surface area (Å²) in [5.74, 6) is 4.53. The minimum atomic E-state index is -3.85. The summed E-state index contributed by atoms with van der Waals surface area (Å²) in [5.41, 5.74) is 8.64. The van der Waals surface area contributed by atoms with Crippen LogP contribution in [-0.2, 0) is 22.9 Å². The Balaban J connectivity index is 1.17. The van der Waals surface area contributed by atoms with Crippen LogP contribution in [0.1, 0.15) is 71.0 Å². The summed E-state index contributed by atoms with van der Waals surface area (Å²) < 4.78 is 30.9. The maximum Gasteiger partial charge on any atom is 0.269 e. The third kappa shape index (κ3) is 7.23. The van der Waals surface area contributed by atoms with Gasteiger partial charge in [-0.25, -0.2) is 22.4 Å². The Bertz CT molecular complexity index is 2470. The van der Waals surface area contributed by atoms with Gasteiger partial charge in [-0.05, 0) is 86.1 Å². The average Bonchev–Trinajstić information content (AvgIpc) is 3.76. The summed E-state index contributed by atoms with van der Waals surface area (Å²) in [4.78, 5) is 23.2. The van der Waals surface area contributed by atoms with Crippen molar-refractivity contribution in [2.75, 3.05) is 0 Å². The highest BCUT2D eigenvalue weighted by molar-refractivity contribution is 7.90. The molecular formula is C42H41N5O3SSi. The number of benzene rings is 3. The van der Waals surface area contributed by atoms with Gasteiger partial charge >= 0.3 is 0 Å². The molecule has 262 valence electrons. The molecule has 3 heterocycles. The first-order valence-electron chi connectivity index (χ1n) is 17.8. The van der Waals surface area contributed by atoms with Crippen LogP contribution in [0, 0.1) is 28.7 Å². The van der Waals surface area contributed by atoms with Crippen LogP contribution in [0.2, 0.25) is 19.6 Å². The van der Waals surface area contributed by atoms with Gasteiger partial charge < -0.3 is 4.57 Å². The normalized spacial score (nSPS) is 16.3. The number of fused-ring (bicyclic) bond motifs is 3. The zero-order valence-corrected chi connectivity index (χ0v) is 31.5. The number of carbonyl (C=O) groups is 1. The van der Waals surface area contributed by atoms with Crippen LogP contribution in [0.25, 0.3) is 22.1 Å². The van der Waals surface area contributed by atoms with Crippen molar-refractivity contribution in [1.29, 1.82) is 5.26 Å². The molecule has 0 aliphatic heterocycles. The number of hydrogen-bond acceptors (Lipinski definition) is 6. The number of imidazole rings is 1. The van der Waals surface area contributed by atoms with Crippen LogP contribution in [0.5, 0.6) is 0 Å². The van der Waals surface area contributed by atoms with Crippen molar-refractivity contribution < 1.29 is 13.2 Å². The molecule has 10 heteroatoms. The second kappa shape index (κ2) is 14.4. The molecule has 7 rings (SSSR count). The van der Waals surface area contributed by atoms with Gasteiger partial charge in [0.1, 0.15) is 19.4 Å². The SMILES string of the molecule is C[Si](C)(C)C#Cc1ccc(C(=O)c2ccc(CCc3nc4cnc5c(ccn5S(=O)(=O)c5ccccc5)c4n3C3CCC(CC#N)CC3)cc2)cc1. The van der Waals surface area contributed by atoms with Gasteiger partial charge in [-0.2, -0.15) is 5.26 Å². The predicted octanol–water partition coefficient (Wildman–Crippen LogP) is 8.51. The highest BCUT2D eigenvalue weighted by Gasteiger charge is 2.28. The molecular weight excluding hydrogens is 683 g/mol. The second-order valence-corrected chi connectivity index (χ2v) is 21.3. The van der Waals surface area contributed by atoms with E-state index in [1.165, 1.54) is 3.97 Å². The molecule has 0 bridgehead atoms. The molecule has 52 heavy (non-hydrogen) atoms. The van der Waals surface area contributed by atoms with Crippen molar-refractivity contribution in [3.8, 4) is 17.5 Å². The summed E-state index contributed by atoms with van der Waals surface area (Å²) in [6, 6.07) is 28.1. The molecule has 0 saturated heterocycles. The van der Waals surface area contributed by atoms with Crippen molar-refractivity contribution in [3.63, 3.8) is 0 Å². The fraction of sp³-hybridized carbons (Fsp3) is 0.286. The average molecular weight is 724 g/mol. The molecule has 0 spiro atoms. The molecule has 1 saturated carbocycles. The molecule has 3 aromatic heterocycles. The topological polar surface area (TPSA) is 111 Å². The van der Waals surface area contributed by atoms with E-state index >= 15 is 0 Å². The molecule has 0 N–H and O–H groups in total. The Labute approximate surface area is 306 Å². The largest absolute Gasteiger partial charge is 0.324 e. The quantitative estimate of drug-likeness (QED) is 0.0841. The van der Waals surface area contributed by atoms with Crippen LogP contribution in [0.3, 0.4) is 0 Å². The van der Waals surface area contributed by atoms with E-state index in [0.717, 1.165) is 59.1 Å². The second-order valence-electron chi connectivity index (χ2n) is 14.7. The molecule has 0 amide bonds. The Morgan fingerprint density at radius 3 is 2.21 bits per heavy atom. The van der Waals surface area contributed by atoms with E-state index in [9.17, 15) is 18.5 Å². The summed E-state index contributed by atoms with van der Waals surface area (Å²) in [6.07, 6.45) is 8.95. The van der Waals surface area contributed by atoms with Gasteiger partial charge in [0.25, 0.3) is 10.0 Å². The van der Waals surface area contributed by atoms with E-state index < -0.39 is 18.1 Å². The fourth-order valence-electron chi connectivity index (χ4n) is 7.11. The Morgan fingerprint density at radius 2 is 1.56 bits per heavy atom. The fourth-order valence-corrected chi connectivity index (χ4v) is 8.95. The number of pyridine rings is 1. The maximum absolute atomic E-state index is 13.7. The number of aryl methyl sites for hydroxylation is 2. The molecule has 1 fully saturated rings. The van der Waals surface area contributed by atoms with Gasteiger partial charge in [-0.1, -0.05) is 68.0 Å². The van der Waals surface area contributed by atoms with Gasteiger partial charge in [0.2, 0.25) is 0 Å². The van der Waals surface area contributed by atoms with Crippen LogP contribution in [0.15, 0.2) is 102 Å². The minimum Gasteiger partial charge on any atom is -0.324 e. The van der Waals surface area contributed by atoms with Crippen molar-refractivity contribution in [2.45, 2.75) is 75.5 Å². The van der Waals surface area contributed by atoms with Gasteiger partial charge in [0.05, 0.1) is 22.7 Å². The molecule has 0 atom stereocenters. The van der Waals surface area contributed by atoms with Crippen molar-refractivity contribution in [2.24, 2.45) is 5.92 Å². The van der Waals surface area contributed by atoms with E-state index in [2.05, 4.69) is 46.7 Å². The van der Waals surface area contributed by atoms with Gasteiger partial charge in [0, 0.05) is 47.2 Å². The van der Waals surface area contributed by atoms with Crippen LogP contribution >= 0.6 is 0 Å². The minimum absolute atomic E-state index is 0.0252. The van der Waals surface area contributed by atoms with Crippen molar-refractivity contribution in [1.82, 2.24) is 18.5 Å². The van der Waals surface area contributed by atoms with E-state index in [-0.39, 0.29) is 16.7 Å². The summed E-state index contributed by atoms with van der Waals surface area (Å²) in [5, 5.41) is 10.1. The third-order valence-corrected chi connectivity index (χ3v) is 12.4. The lowest BCUT2D eigenvalue weighted by Gasteiger charge is -2.30. The third-order valence-electron chi connectivity index (χ3n) is 9.85. The van der Waals surface area contributed by atoms with Gasteiger partial charge in [-0.15, -0.1) is 5.54 Å². The monoisotopic (exact) mass is 723 g/mol. The molecule has 0 radical (unpaired) electrons. The molecule has 8 nitrogen and oxygen atoms in total. The standard InChI is InChI=1S/C42H41N5O3SSi/c1-52(2,3)28-25-32-11-18-34(19-12-32)41(48)33-16-9-30(10-17-33)15-22-39-45-38-29-44-42-37(24-27-46(42)51(49,50)36-7-5-4-6-8-36)40(38)47(39)35-20-13-31(14-21-35)23-26-43/h4-12,16-19,24,27,29,31,35H,13-15,20-23H2,1-3H3. The van der Waals surface area contributed by atoms with E-state index in [1.807, 2.05) is 54.6 Å². The molecule has 1 aliphatic rings. The maximum atomic E-state index is 13.7. The van der Waals surface area contributed by atoms with Crippen LogP contribution in [0.4, 0.5) is 0 Å². The van der Waals surface area contributed by atoms with Crippen molar-refractivity contribution in [3.05, 3.63) is 125 Å². The highest BCUT2D eigenvalue weighted by atomic mass is 32.2. The van der Waals surface area contributed by atoms with Crippen LogP contribution < -0.4 is 0 Å². The first-order chi connectivity index (χ1) is 25.0. The number of aromatic nitrogens is 4. The number of nitrogens with zero attached hydrogens (tertiary/aromatic N) is 5. The lowest BCUT2D eigenvalue weighted by molar-refractivity contribution is 0.103. The zero-order chi connectivity index (χ0) is 36.5. The number of hydrogen-bond donors (Lipinski definition) is 0. The first-order valence-corrected chi connectivity index (χ1v) is 22.8. The highest BCUT2D eigenvalue weighted by Crippen LogP contribution is 2.38. The van der Waals surface area contributed by atoms with Gasteiger partial charge in [-0.3, -0.25) is 4.79 Å². The molecule has 6 aromatic rings. The number of carbonyl (C=O) groups excluding carboxylic acids is 1. The number of ketones is 1. The van der Waals surface area contributed by atoms with E-state index in [1.54, 1.807) is 42.7 Å². The first kappa shape index (κ1) is 35.1. The predicted molar refractivity (Wildman–Crippen MR) is 207 cm³/mol. The molecule has 1 aliphatic carbocycles.